The average molecular weight is 414 g/mol. The van der Waals surface area contributed by atoms with E-state index in [-0.39, 0.29) is 24.2 Å². The molecule has 6 nitrogen and oxygen atoms in total. The molecular formula is C17H17Cl2N3O3S. The number of rotatable bonds is 3. The molecule has 2 aliphatic rings. The molecule has 0 aromatic heterocycles. The number of fused-ring (bicyclic) bond motifs is 1. The molecule has 2 aliphatic heterocycles. The van der Waals surface area contributed by atoms with E-state index in [1.54, 1.807) is 47.3 Å². The summed E-state index contributed by atoms with van der Waals surface area (Å²) in [5, 5.41) is 1.03. The molecule has 0 radical (unpaired) electrons. The maximum atomic E-state index is 12.8. The molecule has 1 aromatic carbocycles. The maximum Gasteiger partial charge on any atom is 0.256 e. The quantitative estimate of drug-likeness (QED) is 0.763. The Bertz CT molecular complexity index is 954. The molecule has 3 rings (SSSR count). The van der Waals surface area contributed by atoms with Crippen LogP contribution in [0.15, 0.2) is 46.5 Å². The molecule has 2 heterocycles. The zero-order valence-corrected chi connectivity index (χ0v) is 16.5. The van der Waals surface area contributed by atoms with Gasteiger partial charge in [-0.15, -0.1) is 4.40 Å². The van der Waals surface area contributed by atoms with E-state index in [1.165, 1.54) is 6.08 Å². The summed E-state index contributed by atoms with van der Waals surface area (Å²) in [6.45, 7) is 2.14. The largest absolute Gasteiger partial charge is 0.335 e. The third-order valence-electron chi connectivity index (χ3n) is 4.38. The minimum absolute atomic E-state index is 0.0745. The number of amidine groups is 1. The van der Waals surface area contributed by atoms with Crippen molar-refractivity contribution in [3.63, 3.8) is 0 Å². The Morgan fingerprint density at radius 3 is 2.73 bits per heavy atom. The minimum atomic E-state index is -3.42. The molecule has 0 saturated carbocycles. The van der Waals surface area contributed by atoms with Gasteiger partial charge in [-0.05, 0) is 36.8 Å². The fourth-order valence-electron chi connectivity index (χ4n) is 2.76. The van der Waals surface area contributed by atoms with E-state index >= 15 is 0 Å². The van der Waals surface area contributed by atoms with Gasteiger partial charge in [0.1, 0.15) is 5.84 Å². The lowest BCUT2D eigenvalue weighted by atomic mass is 10.1. The fraction of sp³-hybridized carbons (Fsp3) is 0.294. The van der Waals surface area contributed by atoms with E-state index in [4.69, 9.17) is 23.2 Å². The summed E-state index contributed by atoms with van der Waals surface area (Å²) in [6, 6.07) is 4.90. The number of carbonyl (C=O) groups excluding carboxylic acids is 1. The molecule has 9 heteroatoms. The van der Waals surface area contributed by atoms with Gasteiger partial charge in [-0.3, -0.25) is 4.79 Å². The molecule has 26 heavy (non-hydrogen) atoms. The average Bonchev–Trinajstić information content (AvgIpc) is 2.58. The van der Waals surface area contributed by atoms with Crippen molar-refractivity contribution in [1.82, 2.24) is 9.80 Å². The number of amides is 1. The Morgan fingerprint density at radius 2 is 2.04 bits per heavy atom. The Balaban J connectivity index is 1.81. The number of halogens is 2. The van der Waals surface area contributed by atoms with Gasteiger partial charge >= 0.3 is 0 Å². The summed E-state index contributed by atoms with van der Waals surface area (Å²) in [6.07, 6.45) is 4.74. The third-order valence-corrected chi connectivity index (χ3v) is 6.11. The second kappa shape index (κ2) is 7.06. The lowest BCUT2D eigenvalue weighted by Gasteiger charge is -2.30. The summed E-state index contributed by atoms with van der Waals surface area (Å²) >= 11 is 12.2. The van der Waals surface area contributed by atoms with Crippen LogP contribution in [0, 0.1) is 0 Å². The topological polar surface area (TPSA) is 70.1 Å². The molecule has 1 atom stereocenters. The summed E-state index contributed by atoms with van der Waals surface area (Å²) < 4.78 is 26.8. The van der Waals surface area contributed by atoms with E-state index in [9.17, 15) is 13.2 Å². The highest BCUT2D eigenvalue weighted by molar-refractivity contribution is 7.90. The minimum Gasteiger partial charge on any atom is -0.335 e. The molecule has 0 aliphatic carbocycles. The van der Waals surface area contributed by atoms with Crippen LogP contribution in [-0.4, -0.2) is 49.3 Å². The number of sulfonamides is 1. The van der Waals surface area contributed by atoms with Crippen molar-refractivity contribution in [3.05, 3.63) is 57.7 Å². The van der Waals surface area contributed by atoms with Crippen LogP contribution in [0.1, 0.15) is 18.5 Å². The van der Waals surface area contributed by atoms with Crippen LogP contribution in [0.5, 0.6) is 0 Å². The summed E-state index contributed by atoms with van der Waals surface area (Å²) in [4.78, 5) is 16.1. The van der Waals surface area contributed by atoms with E-state index in [0.717, 1.165) is 5.56 Å². The zero-order valence-electron chi connectivity index (χ0n) is 14.2. The molecule has 1 amide bonds. The van der Waals surface area contributed by atoms with Gasteiger partial charge in [-0.2, -0.15) is 0 Å². The number of benzene rings is 1. The zero-order chi connectivity index (χ0) is 19.1. The van der Waals surface area contributed by atoms with Crippen molar-refractivity contribution in [2.75, 3.05) is 19.3 Å². The van der Waals surface area contributed by atoms with Gasteiger partial charge in [0, 0.05) is 29.8 Å². The Morgan fingerprint density at radius 1 is 1.31 bits per heavy atom. The van der Waals surface area contributed by atoms with Crippen LogP contribution < -0.4 is 0 Å². The summed E-state index contributed by atoms with van der Waals surface area (Å²) in [7, 11) is -1.73. The highest BCUT2D eigenvalue weighted by Crippen LogP contribution is 2.30. The first-order chi connectivity index (χ1) is 12.2. The van der Waals surface area contributed by atoms with Crippen LogP contribution >= 0.6 is 23.2 Å². The standard InChI is InChI=1S/C17H17Cl2N3O3S/c1-11(14-5-4-13(18)9-15(14)19)21(2)17(23)12-3-6-16-20-26(24,25)8-7-22(16)10-12/h3-6,9-11H,7-8H2,1-2H3. The second-order valence-corrected chi connectivity index (χ2v) is 8.70. The van der Waals surface area contributed by atoms with Gasteiger partial charge in [0.05, 0.1) is 17.4 Å². The molecular weight excluding hydrogens is 397 g/mol. The first-order valence-electron chi connectivity index (χ1n) is 7.89. The number of hydrogen-bond acceptors (Lipinski definition) is 4. The predicted octanol–water partition coefficient (Wildman–Crippen LogP) is 3.01. The predicted molar refractivity (Wildman–Crippen MR) is 103 cm³/mol. The van der Waals surface area contributed by atoms with E-state index < -0.39 is 10.0 Å². The van der Waals surface area contributed by atoms with Gasteiger partial charge in [0.15, 0.2) is 0 Å². The van der Waals surface area contributed by atoms with E-state index in [1.807, 2.05) is 6.92 Å². The Labute approximate surface area is 162 Å². The van der Waals surface area contributed by atoms with E-state index in [2.05, 4.69) is 4.40 Å². The van der Waals surface area contributed by atoms with Crippen molar-refractivity contribution < 1.29 is 13.2 Å². The summed E-state index contributed by atoms with van der Waals surface area (Å²) in [5.41, 5.74) is 1.24. The first-order valence-corrected chi connectivity index (χ1v) is 10.3. The molecule has 0 bridgehead atoms. The van der Waals surface area contributed by atoms with Crippen molar-refractivity contribution in [1.29, 1.82) is 0 Å². The van der Waals surface area contributed by atoms with Gasteiger partial charge < -0.3 is 9.80 Å². The van der Waals surface area contributed by atoms with Gasteiger partial charge in [0.25, 0.3) is 15.9 Å². The first kappa shape index (κ1) is 18.9. The number of carbonyl (C=O) groups is 1. The van der Waals surface area contributed by atoms with Crippen LogP contribution in [0.25, 0.3) is 0 Å². The molecule has 0 spiro atoms. The van der Waals surface area contributed by atoms with Crippen molar-refractivity contribution in [3.8, 4) is 0 Å². The van der Waals surface area contributed by atoms with Crippen molar-refractivity contribution in [2.24, 2.45) is 4.40 Å². The van der Waals surface area contributed by atoms with Crippen LogP contribution in [0.3, 0.4) is 0 Å². The summed E-state index contributed by atoms with van der Waals surface area (Å²) in [5.74, 6) is 0.0473. The number of nitrogens with zero attached hydrogens (tertiary/aromatic N) is 3. The van der Waals surface area contributed by atoms with Gasteiger partial charge in [0.2, 0.25) is 0 Å². The smallest absolute Gasteiger partial charge is 0.256 e. The van der Waals surface area contributed by atoms with Crippen molar-refractivity contribution in [2.45, 2.75) is 13.0 Å². The third kappa shape index (κ3) is 3.79. The Kier molecular flexibility index (Phi) is 5.14. The molecule has 0 fully saturated rings. The highest BCUT2D eigenvalue weighted by atomic mass is 35.5. The molecule has 138 valence electrons. The number of hydrogen-bond donors (Lipinski definition) is 0. The molecule has 0 N–H and O–H groups in total. The fourth-order valence-corrected chi connectivity index (χ4v) is 4.29. The SMILES string of the molecule is CC(c1ccc(Cl)cc1Cl)N(C)C(=O)C1=CN2CCS(=O)(=O)N=C2C=C1. The van der Waals surface area contributed by atoms with E-state index in [0.29, 0.717) is 21.5 Å². The van der Waals surface area contributed by atoms with Crippen LogP contribution in [-0.2, 0) is 14.8 Å². The van der Waals surface area contributed by atoms with Gasteiger partial charge in [-0.25, -0.2) is 8.42 Å². The van der Waals surface area contributed by atoms with Crippen molar-refractivity contribution >= 4 is 45.0 Å². The molecule has 1 aromatic rings. The maximum absolute atomic E-state index is 12.8. The lowest BCUT2D eigenvalue weighted by molar-refractivity contribution is -0.127. The van der Waals surface area contributed by atoms with Gasteiger partial charge in [-0.1, -0.05) is 29.3 Å². The lowest BCUT2D eigenvalue weighted by Crippen LogP contribution is -2.38. The highest BCUT2D eigenvalue weighted by Gasteiger charge is 2.27. The van der Waals surface area contributed by atoms with Crippen LogP contribution in [0.2, 0.25) is 10.0 Å². The second-order valence-electron chi connectivity index (χ2n) is 6.10. The van der Waals surface area contributed by atoms with Crippen LogP contribution in [0.4, 0.5) is 0 Å². The number of likely N-dealkylation sites (N-methyl/N-ethyl adjacent to an activating group) is 1. The Hall–Kier alpha value is -1.83. The molecule has 0 saturated heterocycles. The molecule has 1 unspecified atom stereocenters. The normalized spacial score (nSPS) is 19.3. The monoisotopic (exact) mass is 413 g/mol.